The maximum atomic E-state index is 11.6. The van der Waals surface area contributed by atoms with Crippen molar-refractivity contribution in [2.75, 3.05) is 7.11 Å². The summed E-state index contributed by atoms with van der Waals surface area (Å²) in [5, 5.41) is 9.71. The SMILES string of the molecule is CCCCCCCCCCCCCCc1ccc(O)c(C(=O)OC)c1. The lowest BCUT2D eigenvalue weighted by atomic mass is 10.0. The van der Waals surface area contributed by atoms with Gasteiger partial charge in [0, 0.05) is 0 Å². The molecule has 0 aliphatic rings. The lowest BCUT2D eigenvalue weighted by molar-refractivity contribution is 0.0597. The molecular formula is C22H36O3. The van der Waals surface area contributed by atoms with Crippen LogP contribution >= 0.6 is 0 Å². The molecule has 0 saturated heterocycles. The average Bonchev–Trinajstić information content (AvgIpc) is 2.63. The summed E-state index contributed by atoms with van der Waals surface area (Å²) in [6.07, 6.45) is 17.0. The fourth-order valence-corrected chi connectivity index (χ4v) is 3.18. The summed E-state index contributed by atoms with van der Waals surface area (Å²) >= 11 is 0. The number of hydrogen-bond donors (Lipinski definition) is 1. The molecule has 25 heavy (non-hydrogen) atoms. The summed E-state index contributed by atoms with van der Waals surface area (Å²) in [5.74, 6) is -0.487. The molecule has 3 nitrogen and oxygen atoms in total. The van der Waals surface area contributed by atoms with Gasteiger partial charge in [-0.25, -0.2) is 4.79 Å². The fourth-order valence-electron chi connectivity index (χ4n) is 3.18. The summed E-state index contributed by atoms with van der Waals surface area (Å²) in [6, 6.07) is 5.22. The summed E-state index contributed by atoms with van der Waals surface area (Å²) in [6.45, 7) is 2.26. The highest BCUT2D eigenvalue weighted by molar-refractivity contribution is 5.92. The van der Waals surface area contributed by atoms with E-state index in [1.807, 2.05) is 6.07 Å². The highest BCUT2D eigenvalue weighted by Gasteiger charge is 2.11. The topological polar surface area (TPSA) is 46.5 Å². The zero-order chi connectivity index (χ0) is 18.3. The quantitative estimate of drug-likeness (QED) is 0.311. The molecule has 0 bridgehead atoms. The van der Waals surface area contributed by atoms with Crippen LogP contribution in [0, 0.1) is 0 Å². The van der Waals surface area contributed by atoms with Gasteiger partial charge in [-0.2, -0.15) is 0 Å². The monoisotopic (exact) mass is 348 g/mol. The molecule has 0 spiro atoms. The normalized spacial score (nSPS) is 10.8. The number of aromatic hydroxyl groups is 1. The number of esters is 1. The molecule has 0 fully saturated rings. The standard InChI is InChI=1S/C22H36O3/c1-3-4-5-6-7-8-9-10-11-12-13-14-15-19-16-17-21(23)20(18-19)22(24)25-2/h16-18,23H,3-15H2,1-2H3. The van der Waals surface area contributed by atoms with Gasteiger partial charge in [0.15, 0.2) is 0 Å². The maximum absolute atomic E-state index is 11.6. The van der Waals surface area contributed by atoms with Crippen LogP contribution in [0.25, 0.3) is 0 Å². The van der Waals surface area contributed by atoms with Crippen molar-refractivity contribution in [2.24, 2.45) is 0 Å². The minimum atomic E-state index is -0.478. The van der Waals surface area contributed by atoms with Crippen LogP contribution in [0.5, 0.6) is 5.75 Å². The van der Waals surface area contributed by atoms with Crippen LogP contribution in [0.1, 0.15) is 99.9 Å². The number of aryl methyl sites for hydroxylation is 1. The molecule has 0 amide bonds. The van der Waals surface area contributed by atoms with Crippen LogP contribution in [0.4, 0.5) is 0 Å². The third-order valence-electron chi connectivity index (χ3n) is 4.79. The number of phenolic OH excluding ortho intramolecular Hbond substituents is 1. The van der Waals surface area contributed by atoms with Gasteiger partial charge < -0.3 is 9.84 Å². The van der Waals surface area contributed by atoms with Gasteiger partial charge in [0.1, 0.15) is 11.3 Å². The number of unbranched alkanes of at least 4 members (excludes halogenated alkanes) is 11. The van der Waals surface area contributed by atoms with Crippen molar-refractivity contribution in [2.45, 2.75) is 90.4 Å². The fraction of sp³-hybridized carbons (Fsp3) is 0.682. The second-order valence-corrected chi connectivity index (χ2v) is 6.98. The number of benzene rings is 1. The lowest BCUT2D eigenvalue weighted by Crippen LogP contribution is -2.02. The van der Waals surface area contributed by atoms with E-state index < -0.39 is 5.97 Å². The lowest BCUT2D eigenvalue weighted by Gasteiger charge is -2.07. The molecule has 0 heterocycles. The Bertz CT molecular complexity index is 482. The Labute approximate surface area is 153 Å². The Morgan fingerprint density at radius 2 is 1.40 bits per heavy atom. The molecule has 0 atom stereocenters. The molecule has 0 aromatic heterocycles. The zero-order valence-corrected chi connectivity index (χ0v) is 16.2. The van der Waals surface area contributed by atoms with Gasteiger partial charge >= 0.3 is 5.97 Å². The van der Waals surface area contributed by atoms with Crippen LogP contribution in [-0.4, -0.2) is 18.2 Å². The average molecular weight is 349 g/mol. The van der Waals surface area contributed by atoms with Gasteiger partial charge in [-0.15, -0.1) is 0 Å². The Morgan fingerprint density at radius 3 is 1.92 bits per heavy atom. The number of ether oxygens (including phenoxy) is 1. The smallest absolute Gasteiger partial charge is 0.341 e. The number of carbonyl (C=O) groups is 1. The minimum absolute atomic E-state index is 0.00899. The van der Waals surface area contributed by atoms with Crippen LogP contribution in [0.15, 0.2) is 18.2 Å². The number of hydrogen-bond acceptors (Lipinski definition) is 3. The van der Waals surface area contributed by atoms with Crippen molar-refractivity contribution in [3.63, 3.8) is 0 Å². The van der Waals surface area contributed by atoms with Crippen molar-refractivity contribution in [3.05, 3.63) is 29.3 Å². The largest absolute Gasteiger partial charge is 0.507 e. The Hall–Kier alpha value is -1.51. The van der Waals surface area contributed by atoms with E-state index in [1.54, 1.807) is 12.1 Å². The highest BCUT2D eigenvalue weighted by atomic mass is 16.5. The minimum Gasteiger partial charge on any atom is -0.507 e. The van der Waals surface area contributed by atoms with E-state index in [9.17, 15) is 9.90 Å². The third-order valence-corrected chi connectivity index (χ3v) is 4.79. The molecular weight excluding hydrogens is 312 g/mol. The summed E-state index contributed by atoms with van der Waals surface area (Å²) < 4.78 is 4.69. The first-order chi connectivity index (χ1) is 12.2. The van der Waals surface area contributed by atoms with Crippen molar-refractivity contribution in [1.82, 2.24) is 0 Å². The third kappa shape index (κ3) is 9.52. The molecule has 0 saturated carbocycles. The Morgan fingerprint density at radius 1 is 0.880 bits per heavy atom. The van der Waals surface area contributed by atoms with E-state index in [-0.39, 0.29) is 11.3 Å². The van der Waals surface area contributed by atoms with E-state index in [0.29, 0.717) is 0 Å². The van der Waals surface area contributed by atoms with Crippen LogP contribution < -0.4 is 0 Å². The summed E-state index contributed by atoms with van der Waals surface area (Å²) in [5.41, 5.74) is 1.35. The Balaban J connectivity index is 2.06. The van der Waals surface area contributed by atoms with Crippen molar-refractivity contribution in [3.8, 4) is 5.75 Å². The molecule has 0 unspecified atom stereocenters. The molecule has 142 valence electrons. The first-order valence-corrected chi connectivity index (χ1v) is 10.1. The predicted octanol–water partition coefficient (Wildman–Crippen LogP) is 6.42. The van der Waals surface area contributed by atoms with E-state index in [0.717, 1.165) is 18.4 Å². The molecule has 1 N–H and O–H groups in total. The van der Waals surface area contributed by atoms with E-state index in [4.69, 9.17) is 4.74 Å². The number of methoxy groups -OCH3 is 1. The second kappa shape index (κ2) is 13.7. The molecule has 0 radical (unpaired) electrons. The van der Waals surface area contributed by atoms with Crippen LogP contribution in [0.2, 0.25) is 0 Å². The van der Waals surface area contributed by atoms with Gasteiger partial charge in [0.25, 0.3) is 0 Å². The van der Waals surface area contributed by atoms with Crippen molar-refractivity contribution in [1.29, 1.82) is 0 Å². The van der Waals surface area contributed by atoms with Gasteiger partial charge in [-0.3, -0.25) is 0 Å². The first kappa shape index (κ1) is 21.5. The molecule has 1 rings (SSSR count). The molecule has 3 heteroatoms. The molecule has 0 aliphatic heterocycles. The first-order valence-electron chi connectivity index (χ1n) is 10.1. The summed E-state index contributed by atoms with van der Waals surface area (Å²) in [4.78, 5) is 11.6. The van der Waals surface area contributed by atoms with Gasteiger partial charge in [-0.1, -0.05) is 83.6 Å². The van der Waals surface area contributed by atoms with E-state index in [1.165, 1.54) is 77.7 Å². The van der Waals surface area contributed by atoms with Gasteiger partial charge in [0.2, 0.25) is 0 Å². The molecule has 1 aromatic carbocycles. The maximum Gasteiger partial charge on any atom is 0.341 e. The number of carbonyl (C=O) groups excluding carboxylic acids is 1. The van der Waals surface area contributed by atoms with E-state index >= 15 is 0 Å². The van der Waals surface area contributed by atoms with Crippen molar-refractivity contribution < 1.29 is 14.6 Å². The number of rotatable bonds is 14. The zero-order valence-electron chi connectivity index (χ0n) is 16.2. The van der Waals surface area contributed by atoms with Crippen LogP contribution in [-0.2, 0) is 11.2 Å². The highest BCUT2D eigenvalue weighted by Crippen LogP contribution is 2.21. The second-order valence-electron chi connectivity index (χ2n) is 6.98. The predicted molar refractivity (Wildman–Crippen MR) is 104 cm³/mol. The molecule has 0 aliphatic carbocycles. The van der Waals surface area contributed by atoms with Crippen LogP contribution in [0.3, 0.4) is 0 Å². The van der Waals surface area contributed by atoms with E-state index in [2.05, 4.69) is 6.92 Å². The number of phenols is 1. The van der Waals surface area contributed by atoms with Gasteiger partial charge in [-0.05, 0) is 30.5 Å². The van der Waals surface area contributed by atoms with Gasteiger partial charge in [0.05, 0.1) is 7.11 Å². The summed E-state index contributed by atoms with van der Waals surface area (Å²) in [7, 11) is 1.33. The molecule has 1 aromatic rings. The van der Waals surface area contributed by atoms with Crippen molar-refractivity contribution >= 4 is 5.97 Å². The Kier molecular flexibility index (Phi) is 11.8.